The SMILES string of the molecule is C[C@H](NC(=O)C1CC2CC2C1)c1cccc(Cl)c1. The Labute approximate surface area is 113 Å². The van der Waals surface area contributed by atoms with Crippen molar-refractivity contribution >= 4 is 17.5 Å². The van der Waals surface area contributed by atoms with Crippen LogP contribution < -0.4 is 5.32 Å². The van der Waals surface area contributed by atoms with Gasteiger partial charge in [0.05, 0.1) is 6.04 Å². The molecule has 2 aliphatic carbocycles. The third-order valence-corrected chi connectivity index (χ3v) is 4.56. The van der Waals surface area contributed by atoms with Crippen molar-refractivity contribution in [3.8, 4) is 0 Å². The maximum Gasteiger partial charge on any atom is 0.223 e. The van der Waals surface area contributed by atoms with E-state index in [0.717, 1.165) is 35.3 Å². The molecule has 2 unspecified atom stereocenters. The van der Waals surface area contributed by atoms with Crippen molar-refractivity contribution in [2.24, 2.45) is 17.8 Å². The van der Waals surface area contributed by atoms with E-state index in [9.17, 15) is 4.79 Å². The van der Waals surface area contributed by atoms with Gasteiger partial charge < -0.3 is 5.32 Å². The number of amides is 1. The Balaban J connectivity index is 1.60. The Hall–Kier alpha value is -1.02. The van der Waals surface area contributed by atoms with Crippen molar-refractivity contribution in [2.75, 3.05) is 0 Å². The fraction of sp³-hybridized carbons (Fsp3) is 0.533. The first kappa shape index (κ1) is 12.0. The van der Waals surface area contributed by atoms with Gasteiger partial charge in [0.1, 0.15) is 0 Å². The van der Waals surface area contributed by atoms with Crippen LogP contribution in [0.2, 0.25) is 5.02 Å². The molecule has 0 heterocycles. The molecule has 0 bridgehead atoms. The first-order chi connectivity index (χ1) is 8.63. The van der Waals surface area contributed by atoms with Crippen LogP contribution in [0.1, 0.15) is 37.8 Å². The molecule has 2 aliphatic rings. The van der Waals surface area contributed by atoms with E-state index in [2.05, 4.69) is 5.32 Å². The quantitative estimate of drug-likeness (QED) is 0.888. The zero-order chi connectivity index (χ0) is 12.7. The van der Waals surface area contributed by atoms with Crippen molar-refractivity contribution in [1.82, 2.24) is 5.32 Å². The monoisotopic (exact) mass is 263 g/mol. The summed E-state index contributed by atoms with van der Waals surface area (Å²) < 4.78 is 0. The van der Waals surface area contributed by atoms with Crippen LogP contribution >= 0.6 is 11.6 Å². The zero-order valence-corrected chi connectivity index (χ0v) is 11.3. The van der Waals surface area contributed by atoms with Gasteiger partial charge >= 0.3 is 0 Å². The molecule has 0 aliphatic heterocycles. The predicted octanol–water partition coefficient (Wildman–Crippen LogP) is 3.56. The van der Waals surface area contributed by atoms with Gasteiger partial charge in [0.25, 0.3) is 0 Å². The second-order valence-corrected chi connectivity index (χ2v) is 6.15. The molecule has 3 heteroatoms. The molecular formula is C15H18ClNO. The molecule has 2 saturated carbocycles. The molecule has 2 nitrogen and oxygen atoms in total. The van der Waals surface area contributed by atoms with Crippen molar-refractivity contribution in [2.45, 2.75) is 32.2 Å². The van der Waals surface area contributed by atoms with E-state index in [0.29, 0.717) is 0 Å². The van der Waals surface area contributed by atoms with Gasteiger partial charge in [-0.05, 0) is 55.7 Å². The van der Waals surface area contributed by atoms with Gasteiger partial charge in [-0.25, -0.2) is 0 Å². The fourth-order valence-electron chi connectivity index (χ4n) is 3.12. The number of rotatable bonds is 3. The van der Waals surface area contributed by atoms with E-state index < -0.39 is 0 Å². The van der Waals surface area contributed by atoms with E-state index >= 15 is 0 Å². The summed E-state index contributed by atoms with van der Waals surface area (Å²) in [5.74, 6) is 2.16. The number of fused-ring (bicyclic) bond motifs is 1. The second kappa shape index (κ2) is 4.58. The van der Waals surface area contributed by atoms with Crippen LogP contribution in [-0.2, 0) is 4.79 Å². The van der Waals surface area contributed by atoms with Gasteiger partial charge in [-0.1, -0.05) is 23.7 Å². The van der Waals surface area contributed by atoms with Crippen LogP contribution in [0.4, 0.5) is 0 Å². The summed E-state index contributed by atoms with van der Waals surface area (Å²) in [6.07, 6.45) is 3.55. The zero-order valence-electron chi connectivity index (χ0n) is 10.5. The average Bonchev–Trinajstić information content (AvgIpc) is 2.96. The summed E-state index contributed by atoms with van der Waals surface area (Å²) in [4.78, 5) is 12.1. The molecule has 0 aromatic heterocycles. The molecule has 3 rings (SSSR count). The van der Waals surface area contributed by atoms with Gasteiger partial charge in [0, 0.05) is 10.9 Å². The van der Waals surface area contributed by atoms with Gasteiger partial charge in [-0.2, -0.15) is 0 Å². The second-order valence-electron chi connectivity index (χ2n) is 5.71. The molecule has 96 valence electrons. The van der Waals surface area contributed by atoms with Crippen LogP contribution in [0.25, 0.3) is 0 Å². The highest BCUT2D eigenvalue weighted by molar-refractivity contribution is 6.30. The van der Waals surface area contributed by atoms with E-state index in [1.807, 2.05) is 31.2 Å². The lowest BCUT2D eigenvalue weighted by Crippen LogP contribution is -2.32. The first-order valence-corrected chi connectivity index (χ1v) is 7.07. The summed E-state index contributed by atoms with van der Waals surface area (Å²) in [6, 6.07) is 7.73. The molecule has 1 amide bonds. The maximum atomic E-state index is 12.1. The van der Waals surface area contributed by atoms with Crippen molar-refractivity contribution in [1.29, 1.82) is 0 Å². The van der Waals surface area contributed by atoms with Gasteiger partial charge in [0.15, 0.2) is 0 Å². The third-order valence-electron chi connectivity index (χ3n) is 4.32. The van der Waals surface area contributed by atoms with E-state index in [1.54, 1.807) is 0 Å². The number of hydrogen-bond donors (Lipinski definition) is 1. The highest BCUT2D eigenvalue weighted by atomic mass is 35.5. The van der Waals surface area contributed by atoms with Crippen molar-refractivity contribution in [3.63, 3.8) is 0 Å². The molecule has 0 radical (unpaired) electrons. The summed E-state index contributed by atoms with van der Waals surface area (Å²) in [7, 11) is 0. The fourth-order valence-corrected chi connectivity index (χ4v) is 3.32. The lowest BCUT2D eigenvalue weighted by atomic mass is 10.0. The number of benzene rings is 1. The lowest BCUT2D eigenvalue weighted by molar-refractivity contribution is -0.125. The van der Waals surface area contributed by atoms with Crippen LogP contribution in [-0.4, -0.2) is 5.91 Å². The Kier molecular flexibility index (Phi) is 3.06. The van der Waals surface area contributed by atoms with Gasteiger partial charge in [0.2, 0.25) is 5.91 Å². The summed E-state index contributed by atoms with van der Waals surface area (Å²) in [5.41, 5.74) is 1.07. The van der Waals surface area contributed by atoms with Crippen LogP contribution in [0.15, 0.2) is 24.3 Å². The van der Waals surface area contributed by atoms with Crippen LogP contribution in [0, 0.1) is 17.8 Å². The molecule has 1 aromatic carbocycles. The van der Waals surface area contributed by atoms with Crippen LogP contribution in [0.3, 0.4) is 0 Å². The number of carbonyl (C=O) groups is 1. The molecule has 0 spiro atoms. The minimum atomic E-state index is 0.0353. The van der Waals surface area contributed by atoms with Gasteiger partial charge in [-0.15, -0.1) is 0 Å². The standard InChI is InChI=1S/C15H18ClNO/c1-9(10-3-2-4-14(16)8-10)17-15(18)13-6-11-5-12(11)7-13/h2-4,8-9,11-13H,5-7H2,1H3,(H,17,18)/t9-,11?,12?,13?/m0/s1. The summed E-state index contributed by atoms with van der Waals surface area (Å²) >= 11 is 5.96. The maximum absolute atomic E-state index is 12.1. The molecule has 2 fully saturated rings. The Morgan fingerprint density at radius 2 is 2.06 bits per heavy atom. The molecule has 3 atom stereocenters. The van der Waals surface area contributed by atoms with E-state index in [4.69, 9.17) is 11.6 Å². The summed E-state index contributed by atoms with van der Waals surface area (Å²) in [6.45, 7) is 2.01. The normalized spacial score (nSPS) is 30.7. The number of hydrogen-bond acceptors (Lipinski definition) is 1. The molecule has 18 heavy (non-hydrogen) atoms. The minimum Gasteiger partial charge on any atom is -0.349 e. The molecule has 1 aromatic rings. The first-order valence-electron chi connectivity index (χ1n) is 6.69. The van der Waals surface area contributed by atoms with Crippen molar-refractivity contribution < 1.29 is 4.79 Å². The highest BCUT2D eigenvalue weighted by Gasteiger charge is 2.48. The smallest absolute Gasteiger partial charge is 0.223 e. The molecular weight excluding hydrogens is 246 g/mol. The Morgan fingerprint density at radius 1 is 1.33 bits per heavy atom. The van der Waals surface area contributed by atoms with Crippen LogP contribution in [0.5, 0.6) is 0 Å². The Morgan fingerprint density at radius 3 is 2.72 bits per heavy atom. The lowest BCUT2D eigenvalue weighted by Gasteiger charge is -2.18. The third kappa shape index (κ3) is 2.39. The number of nitrogens with one attached hydrogen (secondary N) is 1. The topological polar surface area (TPSA) is 29.1 Å². The van der Waals surface area contributed by atoms with E-state index in [-0.39, 0.29) is 17.9 Å². The number of halogens is 1. The highest BCUT2D eigenvalue weighted by Crippen LogP contribution is 2.54. The average molecular weight is 264 g/mol. The molecule has 0 saturated heterocycles. The minimum absolute atomic E-state index is 0.0353. The van der Waals surface area contributed by atoms with E-state index in [1.165, 1.54) is 6.42 Å². The predicted molar refractivity (Wildman–Crippen MR) is 72.3 cm³/mol. The molecule has 1 N–H and O–H groups in total. The summed E-state index contributed by atoms with van der Waals surface area (Å²) in [5, 5.41) is 3.83. The number of carbonyl (C=O) groups excluding carboxylic acids is 1. The van der Waals surface area contributed by atoms with Crippen molar-refractivity contribution in [3.05, 3.63) is 34.9 Å². The Bertz CT molecular complexity index is 463. The largest absolute Gasteiger partial charge is 0.349 e. The van der Waals surface area contributed by atoms with Gasteiger partial charge in [-0.3, -0.25) is 4.79 Å².